The average molecular weight is 205 g/mol. The minimum atomic E-state index is -0.901. The van der Waals surface area contributed by atoms with Crippen LogP contribution >= 0.6 is 0 Å². The molecule has 0 saturated carbocycles. The molecule has 0 amide bonds. The number of H-pyrrole nitrogens is 1. The second-order valence-corrected chi connectivity index (χ2v) is 3.32. The van der Waals surface area contributed by atoms with E-state index in [9.17, 15) is 4.79 Å². The summed E-state index contributed by atoms with van der Waals surface area (Å²) in [6.45, 7) is 1.58. The van der Waals surface area contributed by atoms with Crippen LogP contribution in [0.5, 0.6) is 0 Å². The standard InChI is InChI=1S/C10H11N3O2/c1-6(10(14)15)11-9-7-4-2-3-5-8(7)12-13-9/h2-6H,1H3,(H,14,15)(H2,11,12,13)/t6-/m0/s1. The summed E-state index contributed by atoms with van der Waals surface area (Å²) in [4.78, 5) is 10.7. The third-order valence-electron chi connectivity index (χ3n) is 2.19. The lowest BCUT2D eigenvalue weighted by atomic mass is 10.2. The number of para-hydroxylation sites is 1. The van der Waals surface area contributed by atoms with Gasteiger partial charge >= 0.3 is 5.97 Å². The Morgan fingerprint density at radius 3 is 3.00 bits per heavy atom. The number of carboxylic acid groups (broad SMARTS) is 1. The van der Waals surface area contributed by atoms with E-state index in [1.807, 2.05) is 24.3 Å². The van der Waals surface area contributed by atoms with Gasteiger partial charge in [-0.15, -0.1) is 0 Å². The van der Waals surface area contributed by atoms with Gasteiger partial charge in [0.15, 0.2) is 5.82 Å². The van der Waals surface area contributed by atoms with E-state index < -0.39 is 12.0 Å². The maximum atomic E-state index is 10.7. The van der Waals surface area contributed by atoms with Gasteiger partial charge in [0, 0.05) is 5.39 Å². The Morgan fingerprint density at radius 2 is 2.27 bits per heavy atom. The molecule has 1 aromatic heterocycles. The summed E-state index contributed by atoms with van der Waals surface area (Å²) >= 11 is 0. The van der Waals surface area contributed by atoms with Gasteiger partial charge in [-0.1, -0.05) is 12.1 Å². The number of aromatic nitrogens is 2. The fourth-order valence-corrected chi connectivity index (χ4v) is 1.34. The summed E-state index contributed by atoms with van der Waals surface area (Å²) in [5, 5.41) is 19.3. The molecule has 0 fully saturated rings. The van der Waals surface area contributed by atoms with Crippen molar-refractivity contribution in [1.29, 1.82) is 0 Å². The molecular formula is C10H11N3O2. The number of fused-ring (bicyclic) bond motifs is 1. The van der Waals surface area contributed by atoms with Crippen LogP contribution in [-0.4, -0.2) is 27.3 Å². The molecule has 0 spiro atoms. The van der Waals surface area contributed by atoms with Crippen molar-refractivity contribution in [3.05, 3.63) is 24.3 Å². The van der Waals surface area contributed by atoms with Crippen molar-refractivity contribution in [2.24, 2.45) is 0 Å². The van der Waals surface area contributed by atoms with E-state index in [0.29, 0.717) is 5.82 Å². The molecule has 0 unspecified atom stereocenters. The number of hydrogen-bond acceptors (Lipinski definition) is 3. The highest BCUT2D eigenvalue weighted by molar-refractivity contribution is 5.91. The first kappa shape index (κ1) is 9.51. The van der Waals surface area contributed by atoms with E-state index in [1.165, 1.54) is 0 Å². The average Bonchev–Trinajstić information content (AvgIpc) is 2.62. The van der Waals surface area contributed by atoms with Crippen LogP contribution in [0.3, 0.4) is 0 Å². The highest BCUT2D eigenvalue weighted by Gasteiger charge is 2.13. The fourth-order valence-electron chi connectivity index (χ4n) is 1.34. The lowest BCUT2D eigenvalue weighted by molar-refractivity contribution is -0.137. The van der Waals surface area contributed by atoms with E-state index in [-0.39, 0.29) is 0 Å². The van der Waals surface area contributed by atoms with Gasteiger partial charge in [-0.05, 0) is 19.1 Å². The molecule has 0 aliphatic carbocycles. The van der Waals surface area contributed by atoms with Gasteiger partial charge in [0.25, 0.3) is 0 Å². The van der Waals surface area contributed by atoms with Crippen LogP contribution in [0, 0.1) is 0 Å². The van der Waals surface area contributed by atoms with Crippen LogP contribution in [0.25, 0.3) is 10.9 Å². The quantitative estimate of drug-likeness (QED) is 0.708. The Morgan fingerprint density at radius 1 is 1.53 bits per heavy atom. The molecule has 2 aromatic rings. The maximum absolute atomic E-state index is 10.7. The van der Waals surface area contributed by atoms with Crippen molar-refractivity contribution in [3.8, 4) is 0 Å². The fraction of sp³-hybridized carbons (Fsp3) is 0.200. The van der Waals surface area contributed by atoms with Crippen molar-refractivity contribution in [2.45, 2.75) is 13.0 Å². The highest BCUT2D eigenvalue weighted by atomic mass is 16.4. The predicted octanol–water partition coefficient (Wildman–Crippen LogP) is 1.45. The molecule has 0 bridgehead atoms. The number of hydrogen-bond donors (Lipinski definition) is 3. The van der Waals surface area contributed by atoms with Crippen molar-refractivity contribution < 1.29 is 9.90 Å². The Labute approximate surface area is 86.1 Å². The number of aliphatic carboxylic acids is 1. The first-order valence-electron chi connectivity index (χ1n) is 4.61. The zero-order chi connectivity index (χ0) is 10.8. The van der Waals surface area contributed by atoms with Gasteiger partial charge in [0.2, 0.25) is 0 Å². The van der Waals surface area contributed by atoms with Gasteiger partial charge in [0.1, 0.15) is 6.04 Å². The van der Waals surface area contributed by atoms with E-state index in [0.717, 1.165) is 10.9 Å². The van der Waals surface area contributed by atoms with Gasteiger partial charge < -0.3 is 10.4 Å². The zero-order valence-corrected chi connectivity index (χ0v) is 8.19. The summed E-state index contributed by atoms with van der Waals surface area (Å²) in [6, 6.07) is 6.89. The van der Waals surface area contributed by atoms with Crippen molar-refractivity contribution in [1.82, 2.24) is 10.2 Å². The molecule has 5 nitrogen and oxygen atoms in total. The Kier molecular flexibility index (Phi) is 2.29. The lowest BCUT2D eigenvalue weighted by Gasteiger charge is -2.07. The summed E-state index contributed by atoms with van der Waals surface area (Å²) < 4.78 is 0. The van der Waals surface area contributed by atoms with Gasteiger partial charge in [-0.25, -0.2) is 0 Å². The number of rotatable bonds is 3. The van der Waals surface area contributed by atoms with Crippen LogP contribution in [0.15, 0.2) is 24.3 Å². The molecule has 15 heavy (non-hydrogen) atoms. The molecule has 5 heteroatoms. The van der Waals surface area contributed by atoms with Crippen LogP contribution in [0.1, 0.15) is 6.92 Å². The highest BCUT2D eigenvalue weighted by Crippen LogP contribution is 2.19. The number of carbonyl (C=O) groups is 1. The molecule has 1 atom stereocenters. The number of nitrogens with one attached hydrogen (secondary N) is 2. The molecule has 0 aliphatic heterocycles. The van der Waals surface area contributed by atoms with Crippen molar-refractivity contribution >= 4 is 22.7 Å². The first-order chi connectivity index (χ1) is 7.18. The molecule has 1 aromatic carbocycles. The van der Waals surface area contributed by atoms with Crippen LogP contribution < -0.4 is 5.32 Å². The van der Waals surface area contributed by atoms with E-state index in [2.05, 4.69) is 15.5 Å². The smallest absolute Gasteiger partial charge is 0.325 e. The normalized spacial score (nSPS) is 12.6. The summed E-state index contributed by atoms with van der Waals surface area (Å²) in [5.41, 5.74) is 0.887. The Bertz CT molecular complexity index is 492. The lowest BCUT2D eigenvalue weighted by Crippen LogP contribution is -2.25. The van der Waals surface area contributed by atoms with Crippen LogP contribution in [0.2, 0.25) is 0 Å². The number of anilines is 1. The van der Waals surface area contributed by atoms with Gasteiger partial charge in [0.05, 0.1) is 5.52 Å². The third kappa shape index (κ3) is 1.76. The number of carboxylic acids is 1. The molecule has 3 N–H and O–H groups in total. The minimum absolute atomic E-state index is 0.570. The molecule has 0 saturated heterocycles. The largest absolute Gasteiger partial charge is 0.480 e. The second kappa shape index (κ2) is 3.61. The van der Waals surface area contributed by atoms with Gasteiger partial charge in [-0.3, -0.25) is 9.89 Å². The molecular weight excluding hydrogens is 194 g/mol. The molecule has 0 aliphatic rings. The van der Waals surface area contributed by atoms with E-state index in [1.54, 1.807) is 6.92 Å². The zero-order valence-electron chi connectivity index (χ0n) is 8.19. The topological polar surface area (TPSA) is 78.0 Å². The number of nitrogens with zero attached hydrogens (tertiary/aromatic N) is 1. The van der Waals surface area contributed by atoms with E-state index >= 15 is 0 Å². The molecule has 0 radical (unpaired) electrons. The SMILES string of the molecule is C[C@H](Nc1n[nH]c2ccccc12)C(=O)O. The summed E-state index contributed by atoms with van der Waals surface area (Å²) in [7, 11) is 0. The number of aromatic amines is 1. The Hall–Kier alpha value is -2.04. The van der Waals surface area contributed by atoms with Crippen molar-refractivity contribution in [2.75, 3.05) is 5.32 Å². The monoisotopic (exact) mass is 205 g/mol. The Balaban J connectivity index is 2.32. The first-order valence-corrected chi connectivity index (χ1v) is 4.61. The minimum Gasteiger partial charge on any atom is -0.480 e. The summed E-state index contributed by atoms with van der Waals surface area (Å²) in [6.07, 6.45) is 0. The predicted molar refractivity (Wildman–Crippen MR) is 56.8 cm³/mol. The van der Waals surface area contributed by atoms with E-state index in [4.69, 9.17) is 5.11 Å². The third-order valence-corrected chi connectivity index (χ3v) is 2.19. The van der Waals surface area contributed by atoms with Crippen LogP contribution in [-0.2, 0) is 4.79 Å². The van der Waals surface area contributed by atoms with Crippen LogP contribution in [0.4, 0.5) is 5.82 Å². The number of benzene rings is 1. The maximum Gasteiger partial charge on any atom is 0.325 e. The molecule has 1 heterocycles. The van der Waals surface area contributed by atoms with Crippen molar-refractivity contribution in [3.63, 3.8) is 0 Å². The van der Waals surface area contributed by atoms with Gasteiger partial charge in [-0.2, -0.15) is 5.10 Å². The molecule has 2 rings (SSSR count). The molecule has 78 valence electrons. The second-order valence-electron chi connectivity index (χ2n) is 3.32. The summed E-state index contributed by atoms with van der Waals surface area (Å²) in [5.74, 6) is -0.331.